The summed E-state index contributed by atoms with van der Waals surface area (Å²) in [5.41, 5.74) is -0.321. The molecule has 0 aliphatic carbocycles. The molecule has 1 unspecified atom stereocenters. The first-order valence-corrected chi connectivity index (χ1v) is 6.08. The van der Waals surface area contributed by atoms with Crippen LogP contribution in [0.25, 0.3) is 0 Å². The first-order chi connectivity index (χ1) is 8.28. The Balaban J connectivity index is 2.47. The number of amides is 1. The quantitative estimate of drug-likeness (QED) is 0.763. The first-order valence-electron chi connectivity index (χ1n) is 5.70. The van der Waals surface area contributed by atoms with E-state index in [-0.39, 0.29) is 18.9 Å². The molecule has 0 spiro atoms. The van der Waals surface area contributed by atoms with Gasteiger partial charge in [0.1, 0.15) is 0 Å². The van der Waals surface area contributed by atoms with Gasteiger partial charge in [0.05, 0.1) is 18.1 Å². The fourth-order valence-corrected chi connectivity index (χ4v) is 1.49. The van der Waals surface area contributed by atoms with Crippen LogP contribution < -0.4 is 5.32 Å². The highest BCUT2D eigenvalue weighted by atomic mass is 35.5. The fourth-order valence-electron chi connectivity index (χ4n) is 1.37. The van der Waals surface area contributed by atoms with E-state index in [1.165, 1.54) is 0 Å². The molecule has 1 atom stereocenters. The predicted molar refractivity (Wildman–Crippen MR) is 70.3 cm³/mol. The minimum atomic E-state index is -0.957. The van der Waals surface area contributed by atoms with Gasteiger partial charge in [0.25, 0.3) is 0 Å². The molecule has 3 N–H and O–H groups in total. The van der Waals surface area contributed by atoms with Gasteiger partial charge in [-0.05, 0) is 31.5 Å². The van der Waals surface area contributed by atoms with Gasteiger partial charge in [0.2, 0.25) is 5.91 Å². The van der Waals surface area contributed by atoms with E-state index < -0.39 is 11.7 Å². The largest absolute Gasteiger partial charge is 0.389 e. The molecule has 0 bridgehead atoms. The number of hydrogen-bond acceptors (Lipinski definition) is 3. The van der Waals surface area contributed by atoms with Gasteiger partial charge in [0, 0.05) is 11.6 Å². The second-order valence-electron chi connectivity index (χ2n) is 4.86. The number of carbonyl (C=O) groups excluding carboxylic acids is 1. The van der Waals surface area contributed by atoms with Crippen LogP contribution >= 0.6 is 11.6 Å². The first kappa shape index (κ1) is 15.0. The summed E-state index contributed by atoms with van der Waals surface area (Å²) in [6.07, 6.45) is -0.915. The van der Waals surface area contributed by atoms with Gasteiger partial charge < -0.3 is 15.5 Å². The number of aliphatic hydroxyl groups excluding tert-OH is 1. The summed E-state index contributed by atoms with van der Waals surface area (Å²) < 4.78 is 0. The molecule has 1 amide bonds. The number of rotatable bonds is 5. The van der Waals surface area contributed by atoms with Gasteiger partial charge in [-0.15, -0.1) is 0 Å². The molecule has 0 aliphatic heterocycles. The van der Waals surface area contributed by atoms with Gasteiger partial charge in [-0.25, -0.2) is 0 Å². The third kappa shape index (κ3) is 5.49. The van der Waals surface area contributed by atoms with E-state index in [0.29, 0.717) is 10.6 Å². The Labute approximate surface area is 112 Å². The molecule has 5 heteroatoms. The summed E-state index contributed by atoms with van der Waals surface area (Å²) in [6, 6.07) is 6.68. The van der Waals surface area contributed by atoms with Crippen LogP contribution in [-0.2, 0) is 4.79 Å². The van der Waals surface area contributed by atoms with E-state index in [2.05, 4.69) is 5.32 Å². The highest BCUT2D eigenvalue weighted by molar-refractivity contribution is 6.30. The molecule has 1 rings (SSSR count). The molecule has 0 heterocycles. The van der Waals surface area contributed by atoms with Crippen LogP contribution in [0.15, 0.2) is 24.3 Å². The van der Waals surface area contributed by atoms with Gasteiger partial charge in [-0.1, -0.05) is 23.7 Å². The van der Waals surface area contributed by atoms with E-state index in [1.807, 2.05) is 0 Å². The summed E-state index contributed by atoms with van der Waals surface area (Å²) in [6.45, 7) is 3.35. The Morgan fingerprint density at radius 1 is 1.39 bits per heavy atom. The van der Waals surface area contributed by atoms with Crippen molar-refractivity contribution in [2.75, 3.05) is 6.54 Å². The van der Waals surface area contributed by atoms with E-state index >= 15 is 0 Å². The molecule has 1 aromatic rings. The minimum Gasteiger partial charge on any atom is -0.389 e. The van der Waals surface area contributed by atoms with Crippen LogP contribution in [0.4, 0.5) is 0 Å². The van der Waals surface area contributed by atoms with Crippen LogP contribution in [0.5, 0.6) is 0 Å². The molecule has 100 valence electrons. The van der Waals surface area contributed by atoms with Gasteiger partial charge in [-0.2, -0.15) is 0 Å². The number of benzene rings is 1. The summed E-state index contributed by atoms with van der Waals surface area (Å²) in [5, 5.41) is 22.4. The second kappa shape index (κ2) is 6.18. The number of aliphatic hydroxyl groups is 2. The van der Waals surface area contributed by atoms with Crippen LogP contribution in [0.1, 0.15) is 31.9 Å². The van der Waals surface area contributed by atoms with Crippen LogP contribution in [0.3, 0.4) is 0 Å². The highest BCUT2D eigenvalue weighted by Crippen LogP contribution is 2.18. The van der Waals surface area contributed by atoms with Crippen molar-refractivity contribution < 1.29 is 15.0 Å². The van der Waals surface area contributed by atoms with Crippen LogP contribution in [0.2, 0.25) is 5.02 Å². The molecule has 4 nitrogen and oxygen atoms in total. The van der Waals surface area contributed by atoms with Crippen LogP contribution in [-0.4, -0.2) is 28.3 Å². The van der Waals surface area contributed by atoms with Gasteiger partial charge >= 0.3 is 0 Å². The summed E-state index contributed by atoms with van der Waals surface area (Å²) in [7, 11) is 0. The smallest absolute Gasteiger partial charge is 0.223 e. The number of nitrogens with one attached hydrogen (secondary N) is 1. The van der Waals surface area contributed by atoms with Crippen molar-refractivity contribution in [2.45, 2.75) is 32.0 Å². The molecule has 0 fully saturated rings. The van der Waals surface area contributed by atoms with Crippen molar-refractivity contribution in [1.82, 2.24) is 5.32 Å². The maximum Gasteiger partial charge on any atom is 0.223 e. The van der Waals surface area contributed by atoms with Crippen molar-refractivity contribution in [3.63, 3.8) is 0 Å². The molecule has 0 aromatic heterocycles. The fraction of sp³-hybridized carbons (Fsp3) is 0.462. The van der Waals surface area contributed by atoms with Crippen molar-refractivity contribution in [3.05, 3.63) is 34.9 Å². The van der Waals surface area contributed by atoms with Gasteiger partial charge in [-0.3, -0.25) is 4.79 Å². The van der Waals surface area contributed by atoms with E-state index in [4.69, 9.17) is 11.6 Å². The lowest BCUT2D eigenvalue weighted by molar-refractivity contribution is -0.124. The number of carbonyl (C=O) groups is 1. The van der Waals surface area contributed by atoms with E-state index in [0.717, 1.165) is 0 Å². The van der Waals surface area contributed by atoms with Gasteiger partial charge in [0.15, 0.2) is 0 Å². The second-order valence-corrected chi connectivity index (χ2v) is 5.30. The summed E-state index contributed by atoms with van der Waals surface area (Å²) in [4.78, 5) is 11.5. The van der Waals surface area contributed by atoms with E-state index in [9.17, 15) is 15.0 Å². The maximum absolute atomic E-state index is 11.5. The lowest BCUT2D eigenvalue weighted by Crippen LogP contribution is -2.38. The van der Waals surface area contributed by atoms with Crippen molar-refractivity contribution in [1.29, 1.82) is 0 Å². The maximum atomic E-state index is 11.5. The Morgan fingerprint density at radius 2 is 1.94 bits per heavy atom. The third-order valence-corrected chi connectivity index (χ3v) is 2.60. The highest BCUT2D eigenvalue weighted by Gasteiger charge is 2.17. The molecule has 0 aliphatic rings. The standard InChI is InChI=1S/C13H18ClNO3/c1-13(2,18)8-15-12(17)7-11(16)9-3-5-10(14)6-4-9/h3-6,11,16,18H,7-8H2,1-2H3,(H,15,17). The zero-order chi connectivity index (χ0) is 13.8. The molecule has 0 saturated heterocycles. The predicted octanol–water partition coefficient (Wildman–Crippen LogP) is 1.65. The number of hydrogen-bond donors (Lipinski definition) is 3. The molecular formula is C13H18ClNO3. The Hall–Kier alpha value is -1.10. The van der Waals surface area contributed by atoms with E-state index in [1.54, 1.807) is 38.1 Å². The average molecular weight is 272 g/mol. The lowest BCUT2D eigenvalue weighted by atomic mass is 10.1. The Morgan fingerprint density at radius 3 is 2.44 bits per heavy atom. The van der Waals surface area contributed by atoms with Crippen molar-refractivity contribution in [2.24, 2.45) is 0 Å². The molecule has 0 radical (unpaired) electrons. The minimum absolute atomic E-state index is 0.0439. The van der Waals surface area contributed by atoms with Crippen molar-refractivity contribution >= 4 is 17.5 Å². The number of halogens is 1. The molecule has 1 aromatic carbocycles. The summed E-state index contributed by atoms with van der Waals surface area (Å²) in [5.74, 6) is -0.306. The third-order valence-electron chi connectivity index (χ3n) is 2.35. The SMILES string of the molecule is CC(C)(O)CNC(=O)CC(O)c1ccc(Cl)cc1. The zero-order valence-electron chi connectivity index (χ0n) is 10.5. The average Bonchev–Trinajstić information content (AvgIpc) is 2.26. The van der Waals surface area contributed by atoms with Crippen LogP contribution in [0, 0.1) is 0 Å². The topological polar surface area (TPSA) is 69.6 Å². The Bertz CT molecular complexity index is 398. The molecule has 18 heavy (non-hydrogen) atoms. The normalized spacial score (nSPS) is 13.2. The van der Waals surface area contributed by atoms with Crippen molar-refractivity contribution in [3.8, 4) is 0 Å². The Kier molecular flexibility index (Phi) is 5.14. The monoisotopic (exact) mass is 271 g/mol. The zero-order valence-corrected chi connectivity index (χ0v) is 11.2. The molecule has 0 saturated carbocycles. The lowest BCUT2D eigenvalue weighted by Gasteiger charge is -2.18. The molecular weight excluding hydrogens is 254 g/mol. The summed E-state index contributed by atoms with van der Waals surface area (Å²) >= 11 is 5.73.